The molecule has 6 rings (SSSR count). The lowest BCUT2D eigenvalue weighted by Crippen LogP contribution is -2.29. The number of ketones is 1. The molecule has 1 N–H and O–H groups in total. The maximum absolute atomic E-state index is 14.1. The van der Waals surface area contributed by atoms with E-state index in [0.717, 1.165) is 27.4 Å². The van der Waals surface area contributed by atoms with Gasteiger partial charge in [-0.2, -0.15) is 0 Å². The van der Waals surface area contributed by atoms with E-state index in [1.54, 1.807) is 42.5 Å². The third-order valence-corrected chi connectivity index (χ3v) is 9.47. The van der Waals surface area contributed by atoms with Crippen molar-refractivity contribution in [2.75, 3.05) is 4.90 Å². The number of benzene rings is 4. The highest BCUT2D eigenvalue weighted by Crippen LogP contribution is 2.44. The van der Waals surface area contributed by atoms with Crippen LogP contribution in [0.15, 0.2) is 107 Å². The maximum atomic E-state index is 14.1. The van der Waals surface area contributed by atoms with E-state index in [9.17, 15) is 29.2 Å². The van der Waals surface area contributed by atoms with E-state index in [0.29, 0.717) is 22.3 Å². The van der Waals surface area contributed by atoms with E-state index in [4.69, 9.17) is 4.74 Å². The molecular weight excluding hydrogens is 644 g/mol. The number of non-ortho nitro benzene ring substituents is 1. The van der Waals surface area contributed by atoms with Crippen molar-refractivity contribution < 1.29 is 28.7 Å². The molecule has 0 aliphatic carbocycles. The van der Waals surface area contributed by atoms with Crippen LogP contribution in [0.2, 0.25) is 0 Å². The highest BCUT2D eigenvalue weighted by molar-refractivity contribution is 8.00. The Morgan fingerprint density at radius 1 is 1.02 bits per heavy atom. The normalized spacial score (nSPS) is 15.6. The van der Waals surface area contributed by atoms with Gasteiger partial charge < -0.3 is 9.84 Å². The number of nitro groups is 1. The van der Waals surface area contributed by atoms with Crippen LogP contribution in [0.1, 0.15) is 33.9 Å². The third kappa shape index (κ3) is 6.76. The second-order valence-corrected chi connectivity index (χ2v) is 12.7. The number of nitro benzene ring substituents is 1. The molecule has 2 heterocycles. The summed E-state index contributed by atoms with van der Waals surface area (Å²) >= 11 is 2.20. The molecule has 1 saturated heterocycles. The first kappa shape index (κ1) is 31.6. The Morgan fingerprint density at radius 3 is 2.53 bits per heavy atom. The molecule has 47 heavy (non-hydrogen) atoms. The molecule has 5 aromatic rings. The molecule has 0 bridgehead atoms. The van der Waals surface area contributed by atoms with Gasteiger partial charge in [-0.25, -0.2) is 4.39 Å². The molecule has 236 valence electrons. The molecule has 1 amide bonds. The van der Waals surface area contributed by atoms with Crippen molar-refractivity contribution >= 4 is 51.4 Å². The topological polar surface area (TPSA) is 136 Å². The van der Waals surface area contributed by atoms with Crippen LogP contribution in [0.25, 0.3) is 5.76 Å². The lowest BCUT2D eigenvalue weighted by molar-refractivity contribution is -0.384. The molecule has 1 aliphatic rings. The van der Waals surface area contributed by atoms with Gasteiger partial charge in [0.1, 0.15) is 23.9 Å². The van der Waals surface area contributed by atoms with Crippen LogP contribution in [0, 0.1) is 22.9 Å². The van der Waals surface area contributed by atoms with Gasteiger partial charge in [-0.05, 0) is 53.9 Å². The van der Waals surface area contributed by atoms with Gasteiger partial charge in [0, 0.05) is 23.4 Å². The average Bonchev–Trinajstić information content (AvgIpc) is 3.65. The van der Waals surface area contributed by atoms with E-state index in [2.05, 4.69) is 10.2 Å². The molecule has 0 saturated carbocycles. The molecular formula is C34H25FN4O6S2. The minimum atomic E-state index is -1.25. The van der Waals surface area contributed by atoms with Crippen LogP contribution in [0.5, 0.6) is 5.75 Å². The molecule has 0 spiro atoms. The van der Waals surface area contributed by atoms with Crippen LogP contribution in [-0.4, -0.2) is 31.9 Å². The predicted molar refractivity (Wildman–Crippen MR) is 176 cm³/mol. The highest BCUT2D eigenvalue weighted by Gasteiger charge is 2.48. The smallest absolute Gasteiger partial charge is 0.301 e. The highest BCUT2D eigenvalue weighted by atomic mass is 32.2. The Morgan fingerprint density at radius 2 is 1.79 bits per heavy atom. The molecule has 1 fully saturated rings. The Kier molecular flexibility index (Phi) is 9.09. The van der Waals surface area contributed by atoms with Crippen molar-refractivity contribution in [3.05, 3.63) is 146 Å². The van der Waals surface area contributed by atoms with E-state index >= 15 is 0 Å². The second-order valence-electron chi connectivity index (χ2n) is 10.6. The number of carbonyl (C=O) groups is 2. The van der Waals surface area contributed by atoms with Crippen LogP contribution >= 0.6 is 23.1 Å². The Balaban J connectivity index is 1.33. The largest absolute Gasteiger partial charge is 0.507 e. The zero-order chi connectivity index (χ0) is 33.1. The number of aryl methyl sites for hydroxylation is 1. The fourth-order valence-corrected chi connectivity index (χ4v) is 6.95. The number of hydrogen-bond donors (Lipinski definition) is 1. The number of carbonyl (C=O) groups excluding carboxylic acids is 2. The van der Waals surface area contributed by atoms with E-state index < -0.39 is 28.4 Å². The van der Waals surface area contributed by atoms with Crippen LogP contribution in [0.3, 0.4) is 0 Å². The van der Waals surface area contributed by atoms with Gasteiger partial charge >= 0.3 is 5.91 Å². The number of amides is 1. The van der Waals surface area contributed by atoms with Gasteiger partial charge in [0.05, 0.1) is 16.5 Å². The summed E-state index contributed by atoms with van der Waals surface area (Å²) in [6.45, 7) is 2.32. The number of hydrogen-bond acceptors (Lipinski definition) is 10. The van der Waals surface area contributed by atoms with Gasteiger partial charge in [0.2, 0.25) is 5.13 Å². The van der Waals surface area contributed by atoms with E-state index in [1.165, 1.54) is 42.1 Å². The first-order valence-corrected chi connectivity index (χ1v) is 16.0. The van der Waals surface area contributed by atoms with Crippen molar-refractivity contribution in [1.82, 2.24) is 10.2 Å². The zero-order valence-corrected chi connectivity index (χ0v) is 26.3. The summed E-state index contributed by atoms with van der Waals surface area (Å²) in [6.07, 6.45) is 0. The minimum Gasteiger partial charge on any atom is -0.507 e. The summed E-state index contributed by atoms with van der Waals surface area (Å²) in [4.78, 5) is 39.2. The van der Waals surface area contributed by atoms with Gasteiger partial charge in [0.15, 0.2) is 4.34 Å². The molecule has 1 aromatic heterocycles. The Bertz CT molecular complexity index is 2030. The van der Waals surface area contributed by atoms with Crippen LogP contribution < -0.4 is 9.64 Å². The molecule has 0 radical (unpaired) electrons. The lowest BCUT2D eigenvalue weighted by atomic mass is 9.95. The summed E-state index contributed by atoms with van der Waals surface area (Å²) in [7, 11) is 0. The monoisotopic (exact) mass is 668 g/mol. The fraction of sp³-hybridized carbons (Fsp3) is 0.118. The van der Waals surface area contributed by atoms with Gasteiger partial charge in [-0.15, -0.1) is 10.2 Å². The van der Waals surface area contributed by atoms with Gasteiger partial charge in [-0.3, -0.25) is 24.6 Å². The van der Waals surface area contributed by atoms with Crippen molar-refractivity contribution in [1.29, 1.82) is 0 Å². The number of anilines is 1. The van der Waals surface area contributed by atoms with Crippen molar-refractivity contribution in [2.45, 2.75) is 29.7 Å². The number of rotatable bonds is 10. The predicted octanol–water partition coefficient (Wildman–Crippen LogP) is 7.39. The summed E-state index contributed by atoms with van der Waals surface area (Å²) in [5.74, 6) is -2.04. The maximum Gasteiger partial charge on any atom is 0.301 e. The molecule has 13 heteroatoms. The molecule has 1 aliphatic heterocycles. The number of thioether (sulfide) groups is 1. The number of halogens is 1. The average molecular weight is 669 g/mol. The van der Waals surface area contributed by atoms with E-state index in [1.807, 2.05) is 31.2 Å². The van der Waals surface area contributed by atoms with E-state index in [-0.39, 0.29) is 39.1 Å². The van der Waals surface area contributed by atoms with Crippen LogP contribution in [-0.2, 0) is 21.9 Å². The first-order chi connectivity index (χ1) is 22.7. The van der Waals surface area contributed by atoms with Crippen molar-refractivity contribution in [3.63, 3.8) is 0 Å². The number of nitrogens with zero attached hydrogens (tertiary/aromatic N) is 4. The first-order valence-electron chi connectivity index (χ1n) is 14.2. The zero-order valence-electron chi connectivity index (χ0n) is 24.7. The van der Waals surface area contributed by atoms with Gasteiger partial charge in [0.25, 0.3) is 11.5 Å². The van der Waals surface area contributed by atoms with Crippen LogP contribution in [0.4, 0.5) is 15.2 Å². The summed E-state index contributed by atoms with van der Waals surface area (Å²) in [5.41, 5.74) is 2.47. The number of aliphatic hydroxyl groups excluding tert-OH is 1. The van der Waals surface area contributed by atoms with Crippen molar-refractivity contribution in [3.8, 4) is 5.75 Å². The quantitative estimate of drug-likeness (QED) is 0.0307. The molecule has 1 atom stereocenters. The number of aliphatic hydroxyl groups is 1. The summed E-state index contributed by atoms with van der Waals surface area (Å²) in [5, 5.41) is 31.4. The lowest BCUT2D eigenvalue weighted by Gasteiger charge is -2.22. The molecule has 1 unspecified atom stereocenters. The number of ether oxygens (including phenoxy) is 1. The standard InChI is InChI=1S/C34H25FN4O6S2/c1-20-6-4-7-21(16-20)18-45-26-14-12-22(13-15-26)30(40)28-29(23-9-5-10-25(17-23)39(43)44)38(32(42)31(28)41)33-36-37-34(47-33)46-19-24-8-2-3-11-27(24)35/h2-17,29,40H,18-19H2,1H3/b30-28+. The minimum absolute atomic E-state index is 0.0404. The summed E-state index contributed by atoms with van der Waals surface area (Å²) in [6, 6.07) is 24.8. The summed E-state index contributed by atoms with van der Waals surface area (Å²) < 4.78 is 20.4. The van der Waals surface area contributed by atoms with Gasteiger partial charge in [-0.1, -0.05) is 83.3 Å². The van der Waals surface area contributed by atoms with Crippen molar-refractivity contribution in [2.24, 2.45) is 0 Å². The molecule has 4 aromatic carbocycles. The SMILES string of the molecule is Cc1cccc(COc2ccc(/C(O)=C3\C(=O)C(=O)N(c4nnc(SCc5ccccc5F)s4)C3c3cccc([N+](=O)[O-])c3)cc2)c1. The Labute approximate surface area is 276 Å². The number of aromatic nitrogens is 2. The molecule has 10 nitrogen and oxygen atoms in total. The fourth-order valence-electron chi connectivity index (χ4n) is 5.10. The second kappa shape index (κ2) is 13.5. The number of Topliss-reactive ketones (excluding diaryl/α,β-unsaturated/α-hetero) is 1. The third-order valence-electron chi connectivity index (χ3n) is 7.37. The Hall–Kier alpha value is -5.40.